The summed E-state index contributed by atoms with van der Waals surface area (Å²) < 4.78 is 16.2. The van der Waals surface area contributed by atoms with Gasteiger partial charge in [-0.25, -0.2) is 0 Å². The molecule has 0 saturated heterocycles. The highest BCUT2D eigenvalue weighted by atomic mass is 29.2. The van der Waals surface area contributed by atoms with E-state index in [0.29, 0.717) is 0 Å². The van der Waals surface area contributed by atoms with E-state index in [1.54, 1.807) is 21.3 Å². The summed E-state index contributed by atoms with van der Waals surface area (Å²) in [6.07, 6.45) is 5.29. The fourth-order valence-corrected chi connectivity index (χ4v) is 7.54. The fourth-order valence-electron chi connectivity index (χ4n) is 1.50. The largest absolute Gasteiger partial charge is 0.461 e. The summed E-state index contributed by atoms with van der Waals surface area (Å²) in [4.78, 5) is 0. The van der Waals surface area contributed by atoms with Crippen LogP contribution in [0, 0.1) is 0 Å². The molecule has 0 heterocycles. The van der Waals surface area contributed by atoms with Crippen LogP contribution in [-0.4, -0.2) is 38.7 Å². The second-order valence-corrected chi connectivity index (χ2v) is 11.4. The summed E-state index contributed by atoms with van der Waals surface area (Å²) in [5.41, 5.74) is 0. The number of hydrogen-bond acceptors (Lipinski definition) is 3. The molecule has 3 nitrogen and oxygen atoms in total. The van der Waals surface area contributed by atoms with E-state index >= 15 is 0 Å². The van der Waals surface area contributed by atoms with Crippen molar-refractivity contribution < 1.29 is 13.3 Å². The average Bonchev–Trinajstić information content (AvgIpc) is 2.24. The van der Waals surface area contributed by atoms with Gasteiger partial charge in [-0.3, -0.25) is 0 Å². The lowest BCUT2D eigenvalue weighted by molar-refractivity contribution is 0.148. The summed E-state index contributed by atoms with van der Waals surface area (Å²) in [5.74, 6) is 0. The quantitative estimate of drug-likeness (QED) is 0.449. The minimum Gasteiger partial charge on any atom is -0.380 e. The van der Waals surface area contributed by atoms with E-state index in [-0.39, 0.29) is 9.04 Å². The van der Waals surface area contributed by atoms with E-state index in [1.807, 2.05) is 0 Å². The van der Waals surface area contributed by atoms with Gasteiger partial charge >= 0.3 is 8.32 Å². The molecule has 0 amide bonds. The maximum atomic E-state index is 5.40. The molecule has 0 spiro atoms. The molecule has 0 aromatic carbocycles. The highest BCUT2D eigenvalue weighted by Crippen LogP contribution is 2.09. The molecule has 0 aromatic rings. The molecule has 0 fully saturated rings. The maximum Gasteiger partial charge on any atom is 0.461 e. The van der Waals surface area contributed by atoms with Gasteiger partial charge in [0.15, 0.2) is 0 Å². The lowest BCUT2D eigenvalue weighted by Crippen LogP contribution is -2.49. The van der Waals surface area contributed by atoms with Gasteiger partial charge in [0.2, 0.25) is 0 Å². The molecule has 0 saturated carbocycles. The Labute approximate surface area is 91.1 Å². The van der Waals surface area contributed by atoms with Crippen LogP contribution in [0.5, 0.6) is 0 Å². The highest BCUT2D eigenvalue weighted by molar-refractivity contribution is 7.14. The Kier molecular flexibility index (Phi) is 8.80. The molecule has 0 N–H and O–H groups in total. The second kappa shape index (κ2) is 8.61. The molecule has 0 rings (SSSR count). The summed E-state index contributed by atoms with van der Waals surface area (Å²) in [7, 11) is 2.64. The molecule has 0 unspecified atom stereocenters. The Bertz CT molecular complexity index is 121. The molecule has 0 aliphatic heterocycles. The summed E-state index contributed by atoms with van der Waals surface area (Å²) >= 11 is 0. The predicted octanol–water partition coefficient (Wildman–Crippen LogP) is 1.53. The zero-order valence-corrected chi connectivity index (χ0v) is 12.4. The Morgan fingerprint density at radius 1 is 0.929 bits per heavy atom. The third kappa shape index (κ3) is 5.26. The van der Waals surface area contributed by atoms with Crippen LogP contribution in [0.4, 0.5) is 0 Å². The van der Waals surface area contributed by atoms with Crippen LogP contribution in [0.25, 0.3) is 0 Å². The Morgan fingerprint density at radius 2 is 1.50 bits per heavy atom. The van der Waals surface area contributed by atoms with Crippen LogP contribution in [0.2, 0.25) is 6.04 Å². The third-order valence-electron chi connectivity index (χ3n) is 2.52. The molecule has 86 valence electrons. The molecule has 0 atom stereocenters. The fraction of sp³-hybridized carbons (Fsp3) is 1.00. The van der Waals surface area contributed by atoms with Crippen molar-refractivity contribution in [1.82, 2.24) is 0 Å². The van der Waals surface area contributed by atoms with Gasteiger partial charge in [-0.15, -0.1) is 0 Å². The number of rotatable bonds is 9. The van der Waals surface area contributed by atoms with E-state index in [1.165, 1.54) is 31.7 Å². The minimum atomic E-state index is -2.14. The summed E-state index contributed by atoms with van der Waals surface area (Å²) in [5, 5.41) is 0. The van der Waals surface area contributed by atoms with Crippen molar-refractivity contribution in [1.29, 1.82) is 0 Å². The molecule has 0 aliphatic rings. The van der Waals surface area contributed by atoms with Crippen LogP contribution in [0.15, 0.2) is 0 Å². The first kappa shape index (κ1) is 14.3. The van der Waals surface area contributed by atoms with E-state index in [2.05, 4.69) is 6.92 Å². The van der Waals surface area contributed by atoms with E-state index in [4.69, 9.17) is 13.3 Å². The van der Waals surface area contributed by atoms with Crippen molar-refractivity contribution in [2.24, 2.45) is 0 Å². The predicted molar refractivity (Wildman–Crippen MR) is 64.3 cm³/mol. The van der Waals surface area contributed by atoms with Gasteiger partial charge in [-0.2, -0.15) is 0 Å². The third-order valence-corrected chi connectivity index (χ3v) is 11.3. The van der Waals surface area contributed by atoms with E-state index < -0.39 is 8.32 Å². The molecule has 14 heavy (non-hydrogen) atoms. The first-order chi connectivity index (χ1) is 6.74. The van der Waals surface area contributed by atoms with Gasteiger partial charge in [0.1, 0.15) is 9.04 Å². The topological polar surface area (TPSA) is 27.7 Å². The monoisotopic (exact) mass is 236 g/mol. The Morgan fingerprint density at radius 3 is 1.93 bits per heavy atom. The molecule has 0 aromatic heterocycles. The van der Waals surface area contributed by atoms with Crippen molar-refractivity contribution in [3.05, 3.63) is 0 Å². The zero-order valence-electron chi connectivity index (χ0n) is 9.97. The zero-order chi connectivity index (χ0) is 10.9. The summed E-state index contributed by atoms with van der Waals surface area (Å²) in [6, 6.07) is 1.28. The molecule has 0 aliphatic carbocycles. The van der Waals surface area contributed by atoms with Gasteiger partial charge in [-0.05, 0) is 0 Å². The van der Waals surface area contributed by atoms with Gasteiger partial charge < -0.3 is 13.3 Å². The number of unbranched alkanes of at least 4 members (excludes halogenated alkanes) is 3. The normalized spacial score (nSPS) is 12.9. The van der Waals surface area contributed by atoms with Crippen molar-refractivity contribution >= 4 is 17.4 Å². The van der Waals surface area contributed by atoms with Crippen molar-refractivity contribution in [2.45, 2.75) is 38.7 Å². The first-order valence-corrected chi connectivity index (χ1v) is 10.5. The summed E-state index contributed by atoms with van der Waals surface area (Å²) in [6.45, 7) is 2.23. The molecular formula is C9H24O3Si2. The Balaban J connectivity index is 3.61. The minimum absolute atomic E-state index is 0.337. The van der Waals surface area contributed by atoms with Crippen molar-refractivity contribution in [2.75, 3.05) is 21.3 Å². The molecule has 5 heteroatoms. The standard InChI is InChI=1S/C9H24O3Si2/c1-5-6-7-8-9-13-14(10-2,11-3)12-4/h5-9,13H2,1-4H3. The lowest BCUT2D eigenvalue weighted by atomic mass is 10.2. The van der Waals surface area contributed by atoms with Crippen LogP contribution < -0.4 is 0 Å². The lowest BCUT2D eigenvalue weighted by Gasteiger charge is -2.24. The van der Waals surface area contributed by atoms with Gasteiger partial charge in [-0.1, -0.05) is 38.7 Å². The van der Waals surface area contributed by atoms with Crippen LogP contribution in [-0.2, 0) is 13.3 Å². The van der Waals surface area contributed by atoms with Crippen LogP contribution in [0.1, 0.15) is 32.6 Å². The molecule has 0 radical (unpaired) electrons. The maximum absolute atomic E-state index is 5.40. The van der Waals surface area contributed by atoms with Gasteiger partial charge in [0.25, 0.3) is 0 Å². The molecular weight excluding hydrogens is 212 g/mol. The average molecular weight is 236 g/mol. The number of hydrogen-bond donors (Lipinski definition) is 0. The highest BCUT2D eigenvalue weighted by Gasteiger charge is 2.36. The van der Waals surface area contributed by atoms with Crippen LogP contribution >= 0.6 is 0 Å². The first-order valence-electron chi connectivity index (χ1n) is 5.40. The smallest absolute Gasteiger partial charge is 0.380 e. The van der Waals surface area contributed by atoms with Crippen molar-refractivity contribution in [3.63, 3.8) is 0 Å². The van der Waals surface area contributed by atoms with E-state index in [9.17, 15) is 0 Å². The van der Waals surface area contributed by atoms with E-state index in [0.717, 1.165) is 0 Å². The SMILES string of the molecule is CCCCCC[SiH2][Si](OC)(OC)OC. The second-order valence-electron chi connectivity index (χ2n) is 3.46. The Hall–Kier alpha value is 0.314. The van der Waals surface area contributed by atoms with Crippen molar-refractivity contribution in [3.8, 4) is 0 Å². The van der Waals surface area contributed by atoms with Crippen LogP contribution in [0.3, 0.4) is 0 Å². The molecule has 0 bridgehead atoms. The van der Waals surface area contributed by atoms with Gasteiger partial charge in [0, 0.05) is 21.3 Å². The van der Waals surface area contributed by atoms with Gasteiger partial charge in [0.05, 0.1) is 0 Å².